The summed E-state index contributed by atoms with van der Waals surface area (Å²) in [6.45, 7) is 11.2. The first-order valence-corrected chi connectivity index (χ1v) is 9.17. The largest absolute Gasteiger partial charge is 0.289 e. The van der Waals surface area contributed by atoms with Crippen molar-refractivity contribution < 1.29 is 19.4 Å². The number of non-ortho nitro benzene ring substituents is 2. The molecule has 0 aliphatic heterocycles. The maximum atomic E-state index is 12.9. The fourth-order valence-electron chi connectivity index (χ4n) is 2.90. The van der Waals surface area contributed by atoms with Gasteiger partial charge < -0.3 is 0 Å². The normalized spacial score (nSPS) is 14.7. The van der Waals surface area contributed by atoms with Gasteiger partial charge in [-0.1, -0.05) is 41.5 Å². The maximum Gasteiger partial charge on any atom is 0.278 e. The predicted molar refractivity (Wildman–Crippen MR) is 112 cm³/mol. The second-order valence-corrected chi connectivity index (χ2v) is 9.04. The molecule has 1 aliphatic rings. The number of aliphatic imine (C=N–C) groups is 1. The van der Waals surface area contributed by atoms with Crippen molar-refractivity contribution in [3.05, 3.63) is 67.3 Å². The molecule has 0 spiro atoms. The number of ketones is 1. The summed E-state index contributed by atoms with van der Waals surface area (Å²) in [5.41, 5.74) is -1.28. The minimum Gasteiger partial charge on any atom is -0.289 e. The van der Waals surface area contributed by atoms with Crippen molar-refractivity contribution in [3.8, 4) is 0 Å². The Bertz CT molecular complexity index is 981. The Balaban J connectivity index is 2.62. The lowest BCUT2D eigenvalue weighted by atomic mass is 9.72. The Morgan fingerprint density at radius 3 is 1.57 bits per heavy atom. The number of hydrogen-bond acceptors (Lipinski definition) is 6. The summed E-state index contributed by atoms with van der Waals surface area (Å²) in [5.74, 6) is -1.01. The number of amides is 1. The van der Waals surface area contributed by atoms with Gasteiger partial charge in [0.25, 0.3) is 17.3 Å². The molecule has 30 heavy (non-hydrogen) atoms. The molecule has 0 bridgehead atoms. The van der Waals surface area contributed by atoms with Gasteiger partial charge in [-0.05, 0) is 23.0 Å². The van der Waals surface area contributed by atoms with Crippen LogP contribution in [-0.2, 0) is 4.79 Å². The fraction of sp³-hybridized carbons (Fsp3) is 0.381. The van der Waals surface area contributed by atoms with E-state index in [-0.39, 0.29) is 17.1 Å². The number of benzene rings is 1. The minimum atomic E-state index is -0.875. The van der Waals surface area contributed by atoms with E-state index in [1.54, 1.807) is 0 Å². The summed E-state index contributed by atoms with van der Waals surface area (Å²) in [6.07, 6.45) is 3.03. The van der Waals surface area contributed by atoms with Crippen molar-refractivity contribution in [3.63, 3.8) is 0 Å². The first kappa shape index (κ1) is 22.8. The van der Waals surface area contributed by atoms with Gasteiger partial charge in [-0.2, -0.15) is 0 Å². The highest BCUT2D eigenvalue weighted by molar-refractivity contribution is 6.25. The highest BCUT2D eigenvalue weighted by atomic mass is 16.6. The van der Waals surface area contributed by atoms with Gasteiger partial charge in [-0.25, -0.2) is 4.99 Å². The van der Waals surface area contributed by atoms with Crippen molar-refractivity contribution in [1.29, 1.82) is 0 Å². The van der Waals surface area contributed by atoms with E-state index in [2.05, 4.69) is 4.99 Å². The number of carbonyl (C=O) groups is 2. The molecule has 0 N–H and O–H groups in total. The van der Waals surface area contributed by atoms with E-state index in [9.17, 15) is 29.8 Å². The Morgan fingerprint density at radius 2 is 1.23 bits per heavy atom. The van der Waals surface area contributed by atoms with Crippen molar-refractivity contribution in [2.45, 2.75) is 41.5 Å². The van der Waals surface area contributed by atoms with Crippen LogP contribution in [0.15, 0.2) is 46.5 Å². The average Bonchev–Trinajstić information content (AvgIpc) is 2.60. The van der Waals surface area contributed by atoms with Crippen LogP contribution in [0.1, 0.15) is 51.9 Å². The van der Waals surface area contributed by atoms with E-state index < -0.39 is 38.0 Å². The molecule has 0 aromatic heterocycles. The average molecular weight is 413 g/mol. The standard InChI is InChI=1S/C21H23N3O6/c1-20(2,3)16-9-13(10-17(18(16)25)21(4,5)6)22-19(26)12-7-14(23(27)28)11-15(8-12)24(29)30/h7-11H,1-6H3. The van der Waals surface area contributed by atoms with E-state index in [1.165, 1.54) is 12.2 Å². The molecule has 1 aliphatic carbocycles. The van der Waals surface area contributed by atoms with E-state index in [0.29, 0.717) is 11.1 Å². The summed E-state index contributed by atoms with van der Waals surface area (Å²) >= 11 is 0. The lowest BCUT2D eigenvalue weighted by molar-refractivity contribution is -0.394. The van der Waals surface area contributed by atoms with Crippen LogP contribution in [-0.4, -0.2) is 27.2 Å². The molecule has 9 nitrogen and oxygen atoms in total. The zero-order valence-electron chi connectivity index (χ0n) is 17.7. The van der Waals surface area contributed by atoms with Crippen LogP contribution in [0.2, 0.25) is 0 Å². The van der Waals surface area contributed by atoms with Gasteiger partial charge in [0, 0.05) is 23.3 Å². The third-order valence-electron chi connectivity index (χ3n) is 4.49. The highest BCUT2D eigenvalue weighted by Crippen LogP contribution is 2.37. The lowest BCUT2D eigenvalue weighted by Gasteiger charge is -2.30. The van der Waals surface area contributed by atoms with Crippen LogP contribution in [0, 0.1) is 31.1 Å². The number of nitro groups is 2. The summed E-state index contributed by atoms with van der Waals surface area (Å²) in [5, 5.41) is 22.1. The van der Waals surface area contributed by atoms with Gasteiger partial charge in [0.2, 0.25) is 0 Å². The number of nitro benzene ring substituents is 2. The van der Waals surface area contributed by atoms with Gasteiger partial charge in [-0.3, -0.25) is 29.8 Å². The van der Waals surface area contributed by atoms with Gasteiger partial charge in [-0.15, -0.1) is 0 Å². The molecule has 1 aromatic carbocycles. The molecule has 1 amide bonds. The van der Waals surface area contributed by atoms with Crippen LogP contribution in [0.3, 0.4) is 0 Å². The summed E-state index contributed by atoms with van der Waals surface area (Å²) in [4.78, 5) is 50.1. The molecule has 0 atom stereocenters. The van der Waals surface area contributed by atoms with Gasteiger partial charge in [0.15, 0.2) is 5.78 Å². The second kappa shape index (κ2) is 7.74. The molecular formula is C21H23N3O6. The molecular weight excluding hydrogens is 390 g/mol. The molecule has 2 rings (SSSR count). The van der Waals surface area contributed by atoms with Crippen LogP contribution in [0.5, 0.6) is 0 Å². The van der Waals surface area contributed by atoms with Gasteiger partial charge >= 0.3 is 0 Å². The van der Waals surface area contributed by atoms with Crippen LogP contribution in [0.4, 0.5) is 11.4 Å². The Labute approximate surface area is 173 Å². The van der Waals surface area contributed by atoms with E-state index in [0.717, 1.165) is 18.2 Å². The number of Topliss-reactive ketones (excluding diaryl/α,β-unsaturated/α-hetero) is 1. The molecule has 0 heterocycles. The predicted octanol–water partition coefficient (Wildman–Crippen LogP) is 4.61. The smallest absolute Gasteiger partial charge is 0.278 e. The van der Waals surface area contributed by atoms with Crippen molar-refractivity contribution in [2.75, 3.05) is 0 Å². The molecule has 0 unspecified atom stereocenters. The van der Waals surface area contributed by atoms with Crippen molar-refractivity contribution >= 4 is 28.8 Å². The number of rotatable bonds is 3. The van der Waals surface area contributed by atoms with Gasteiger partial charge in [0.05, 0.1) is 27.2 Å². The molecule has 0 saturated carbocycles. The topological polar surface area (TPSA) is 133 Å². The summed E-state index contributed by atoms with van der Waals surface area (Å²) in [7, 11) is 0. The van der Waals surface area contributed by atoms with E-state index >= 15 is 0 Å². The zero-order chi connectivity index (χ0) is 23.0. The SMILES string of the molecule is CC(C)(C)C1=CC(=NC(=O)c2cc([N+](=O)[O-])cc([N+](=O)[O-])c2)C=C(C(C)(C)C)C1=O. The highest BCUT2D eigenvalue weighted by Gasteiger charge is 2.34. The Morgan fingerprint density at radius 1 is 0.833 bits per heavy atom. The number of allylic oxidation sites excluding steroid dienone is 4. The number of hydrogen-bond donors (Lipinski definition) is 0. The van der Waals surface area contributed by atoms with E-state index in [1.807, 2.05) is 41.5 Å². The Kier molecular flexibility index (Phi) is 5.88. The number of nitrogens with zero attached hydrogens (tertiary/aromatic N) is 3. The third-order valence-corrected chi connectivity index (χ3v) is 4.49. The fourth-order valence-corrected chi connectivity index (χ4v) is 2.90. The van der Waals surface area contributed by atoms with Crippen LogP contribution in [0.25, 0.3) is 0 Å². The molecule has 0 radical (unpaired) electrons. The minimum absolute atomic E-state index is 0.132. The first-order valence-electron chi connectivity index (χ1n) is 9.17. The molecule has 0 fully saturated rings. The summed E-state index contributed by atoms with van der Waals surface area (Å²) in [6, 6.07) is 2.66. The zero-order valence-corrected chi connectivity index (χ0v) is 17.7. The monoisotopic (exact) mass is 413 g/mol. The lowest BCUT2D eigenvalue weighted by Crippen LogP contribution is -2.29. The molecule has 0 saturated heterocycles. The molecule has 1 aromatic rings. The second-order valence-electron chi connectivity index (χ2n) is 9.04. The summed E-state index contributed by atoms with van der Waals surface area (Å²) < 4.78 is 0. The maximum absolute atomic E-state index is 12.9. The van der Waals surface area contributed by atoms with Crippen molar-refractivity contribution in [2.24, 2.45) is 15.8 Å². The molecule has 9 heteroatoms. The van der Waals surface area contributed by atoms with E-state index in [4.69, 9.17) is 0 Å². The quantitative estimate of drug-likeness (QED) is 0.403. The third kappa shape index (κ3) is 4.91. The molecule has 158 valence electrons. The van der Waals surface area contributed by atoms with Crippen molar-refractivity contribution in [1.82, 2.24) is 0 Å². The van der Waals surface area contributed by atoms with Crippen LogP contribution >= 0.6 is 0 Å². The van der Waals surface area contributed by atoms with Gasteiger partial charge in [0.1, 0.15) is 0 Å². The number of carbonyl (C=O) groups excluding carboxylic acids is 2. The van der Waals surface area contributed by atoms with Crippen LogP contribution < -0.4 is 0 Å². The first-order chi connectivity index (χ1) is 13.6. The Hall–Kier alpha value is -3.49.